The molecule has 0 rings (SSSR count). The summed E-state index contributed by atoms with van der Waals surface area (Å²) in [5.41, 5.74) is 0. The molecule has 0 amide bonds. The summed E-state index contributed by atoms with van der Waals surface area (Å²) in [5, 5.41) is 17.4. The van der Waals surface area contributed by atoms with E-state index in [9.17, 15) is 4.79 Å². The number of hydrogen-bond acceptors (Lipinski definition) is 3. The Bertz CT molecular complexity index is 372. The fourth-order valence-electron chi connectivity index (χ4n) is 2.32. The zero-order valence-electron chi connectivity index (χ0n) is 15.0. The van der Waals surface area contributed by atoms with Crippen LogP contribution in [0.5, 0.6) is 0 Å². The van der Waals surface area contributed by atoms with Gasteiger partial charge in [0, 0.05) is 6.42 Å². The normalized spacial score (nSPS) is 13.4. The molecule has 0 aliphatic heterocycles. The number of carboxylic acids is 1. The van der Waals surface area contributed by atoms with Gasteiger partial charge in [-0.25, -0.2) is 4.89 Å². The van der Waals surface area contributed by atoms with Crippen molar-refractivity contribution in [1.29, 1.82) is 0 Å². The summed E-state index contributed by atoms with van der Waals surface area (Å²) in [4.78, 5) is 14.8. The lowest BCUT2D eigenvalue weighted by atomic mass is 10.1. The Hall–Kier alpha value is -1.39. The molecule has 0 aromatic rings. The molecule has 0 fully saturated rings. The lowest BCUT2D eigenvalue weighted by Crippen LogP contribution is -2.05. The molecule has 0 aromatic carbocycles. The van der Waals surface area contributed by atoms with Crippen molar-refractivity contribution in [2.75, 3.05) is 0 Å². The SMILES string of the molecule is CC/C=C\C/C=C\CC(/C=C/CCCCCCCCC(=O)O)OO. The number of allylic oxidation sites excluding steroid dienone is 4. The maximum atomic E-state index is 10.4. The van der Waals surface area contributed by atoms with E-state index in [4.69, 9.17) is 10.4 Å². The minimum atomic E-state index is -0.701. The summed E-state index contributed by atoms with van der Waals surface area (Å²) in [6.45, 7) is 2.11. The van der Waals surface area contributed by atoms with E-state index in [0.29, 0.717) is 6.42 Å². The van der Waals surface area contributed by atoms with Gasteiger partial charge in [-0.3, -0.25) is 10.1 Å². The summed E-state index contributed by atoms with van der Waals surface area (Å²) in [6, 6.07) is 0. The van der Waals surface area contributed by atoms with Crippen molar-refractivity contribution in [3.05, 3.63) is 36.5 Å². The molecule has 0 aliphatic rings. The first-order valence-corrected chi connectivity index (χ1v) is 9.19. The van der Waals surface area contributed by atoms with Gasteiger partial charge in [0.05, 0.1) is 0 Å². The van der Waals surface area contributed by atoms with Crippen molar-refractivity contribution in [3.63, 3.8) is 0 Å². The standard InChI is InChI=1S/C20H34O4/c1-2-3-4-5-10-13-16-19(24-23)17-14-11-8-6-7-9-12-15-18-20(21)22/h3-4,10,13-14,17,19,23H,2,5-9,11-12,15-16,18H2,1H3,(H,21,22)/b4-3-,13-10-,17-14+. The average Bonchev–Trinajstić information content (AvgIpc) is 2.57. The van der Waals surface area contributed by atoms with Gasteiger partial charge in [0.15, 0.2) is 0 Å². The average molecular weight is 338 g/mol. The third kappa shape index (κ3) is 17.0. The minimum absolute atomic E-state index is 0.271. The van der Waals surface area contributed by atoms with Crippen molar-refractivity contribution in [2.45, 2.75) is 83.7 Å². The highest BCUT2D eigenvalue weighted by Crippen LogP contribution is 2.10. The number of carbonyl (C=O) groups is 1. The van der Waals surface area contributed by atoms with Crippen LogP contribution < -0.4 is 0 Å². The van der Waals surface area contributed by atoms with E-state index in [1.165, 1.54) is 0 Å². The van der Waals surface area contributed by atoms with E-state index in [1.807, 2.05) is 12.2 Å². The maximum Gasteiger partial charge on any atom is 0.303 e. The monoisotopic (exact) mass is 338 g/mol. The van der Waals surface area contributed by atoms with Crippen molar-refractivity contribution in [2.24, 2.45) is 0 Å². The third-order valence-corrected chi connectivity index (χ3v) is 3.71. The van der Waals surface area contributed by atoms with Gasteiger partial charge in [-0.1, -0.05) is 69.1 Å². The van der Waals surface area contributed by atoms with E-state index in [-0.39, 0.29) is 12.5 Å². The van der Waals surface area contributed by atoms with E-state index in [1.54, 1.807) is 0 Å². The van der Waals surface area contributed by atoms with Crippen LogP contribution in [-0.4, -0.2) is 22.4 Å². The van der Waals surface area contributed by atoms with Crippen LogP contribution in [0.25, 0.3) is 0 Å². The molecule has 0 aliphatic carbocycles. The quantitative estimate of drug-likeness (QED) is 0.159. The topological polar surface area (TPSA) is 66.8 Å². The number of rotatable bonds is 16. The Kier molecular flexibility index (Phi) is 16.9. The molecule has 0 radical (unpaired) electrons. The van der Waals surface area contributed by atoms with Crippen molar-refractivity contribution >= 4 is 5.97 Å². The molecule has 2 N–H and O–H groups in total. The molecular formula is C20H34O4. The predicted molar refractivity (Wildman–Crippen MR) is 99.0 cm³/mol. The second-order valence-electron chi connectivity index (χ2n) is 5.95. The molecule has 1 unspecified atom stereocenters. The summed E-state index contributed by atoms with van der Waals surface area (Å²) in [7, 11) is 0. The minimum Gasteiger partial charge on any atom is -0.481 e. The van der Waals surface area contributed by atoms with Gasteiger partial charge < -0.3 is 5.11 Å². The van der Waals surface area contributed by atoms with E-state index >= 15 is 0 Å². The molecule has 138 valence electrons. The van der Waals surface area contributed by atoms with E-state index < -0.39 is 5.97 Å². The molecule has 0 spiro atoms. The number of hydrogen-bond donors (Lipinski definition) is 2. The zero-order valence-corrected chi connectivity index (χ0v) is 15.0. The van der Waals surface area contributed by atoms with Crippen LogP contribution in [0, 0.1) is 0 Å². The fourth-order valence-corrected chi connectivity index (χ4v) is 2.32. The molecule has 0 aromatic heterocycles. The Labute approximate surface area is 146 Å². The Morgan fingerprint density at radius 1 is 0.958 bits per heavy atom. The summed E-state index contributed by atoms with van der Waals surface area (Å²) in [6.07, 6.45) is 22.3. The molecule has 0 saturated carbocycles. The summed E-state index contributed by atoms with van der Waals surface area (Å²) < 4.78 is 0. The van der Waals surface area contributed by atoms with Gasteiger partial charge in [-0.2, -0.15) is 0 Å². The first-order valence-electron chi connectivity index (χ1n) is 9.19. The van der Waals surface area contributed by atoms with E-state index in [2.05, 4.69) is 36.1 Å². The predicted octanol–water partition coefficient (Wildman–Crippen LogP) is 5.91. The first-order chi connectivity index (χ1) is 11.7. The van der Waals surface area contributed by atoms with Crippen molar-refractivity contribution < 1.29 is 20.0 Å². The molecule has 1 atom stereocenters. The van der Waals surface area contributed by atoms with Crippen molar-refractivity contribution in [1.82, 2.24) is 0 Å². The van der Waals surface area contributed by atoms with Gasteiger partial charge in [0.25, 0.3) is 0 Å². The van der Waals surface area contributed by atoms with Crippen LogP contribution in [0.4, 0.5) is 0 Å². The molecular weight excluding hydrogens is 304 g/mol. The second kappa shape index (κ2) is 18.0. The maximum absolute atomic E-state index is 10.4. The Morgan fingerprint density at radius 3 is 2.29 bits per heavy atom. The van der Waals surface area contributed by atoms with Crippen LogP contribution in [0.3, 0.4) is 0 Å². The third-order valence-electron chi connectivity index (χ3n) is 3.71. The lowest BCUT2D eigenvalue weighted by Gasteiger charge is -2.05. The van der Waals surface area contributed by atoms with Gasteiger partial charge in [-0.05, 0) is 38.5 Å². The van der Waals surface area contributed by atoms with Crippen LogP contribution in [0.15, 0.2) is 36.5 Å². The number of unbranched alkanes of at least 4 members (excludes halogenated alkanes) is 6. The van der Waals surface area contributed by atoms with Gasteiger partial charge in [0.1, 0.15) is 6.10 Å². The highest BCUT2D eigenvalue weighted by molar-refractivity contribution is 5.66. The Morgan fingerprint density at radius 2 is 1.62 bits per heavy atom. The Balaban J connectivity index is 3.57. The van der Waals surface area contributed by atoms with Crippen molar-refractivity contribution in [3.8, 4) is 0 Å². The van der Waals surface area contributed by atoms with Crippen LogP contribution in [0.1, 0.15) is 77.6 Å². The zero-order chi connectivity index (χ0) is 17.9. The summed E-state index contributed by atoms with van der Waals surface area (Å²) >= 11 is 0. The fraction of sp³-hybridized carbons (Fsp3) is 0.650. The highest BCUT2D eigenvalue weighted by Gasteiger charge is 2.00. The number of aliphatic carboxylic acids is 1. The number of carboxylic acid groups (broad SMARTS) is 1. The van der Waals surface area contributed by atoms with Crippen LogP contribution >= 0.6 is 0 Å². The highest BCUT2D eigenvalue weighted by atomic mass is 17.1. The van der Waals surface area contributed by atoms with E-state index in [0.717, 1.165) is 57.8 Å². The smallest absolute Gasteiger partial charge is 0.303 e. The molecule has 0 bridgehead atoms. The molecule has 24 heavy (non-hydrogen) atoms. The molecule has 0 saturated heterocycles. The summed E-state index contributed by atoms with van der Waals surface area (Å²) in [5.74, 6) is -0.701. The van der Waals surface area contributed by atoms with Crippen LogP contribution in [0.2, 0.25) is 0 Å². The molecule has 4 heteroatoms. The van der Waals surface area contributed by atoms with Gasteiger partial charge in [0.2, 0.25) is 0 Å². The van der Waals surface area contributed by atoms with Gasteiger partial charge in [-0.15, -0.1) is 0 Å². The first kappa shape index (κ1) is 22.6. The lowest BCUT2D eigenvalue weighted by molar-refractivity contribution is -0.264. The van der Waals surface area contributed by atoms with Crippen LogP contribution in [-0.2, 0) is 9.68 Å². The van der Waals surface area contributed by atoms with Gasteiger partial charge >= 0.3 is 5.97 Å². The molecule has 0 heterocycles. The largest absolute Gasteiger partial charge is 0.481 e. The second-order valence-corrected chi connectivity index (χ2v) is 5.95. The molecule has 4 nitrogen and oxygen atoms in total.